The Hall–Kier alpha value is -3.05. The Morgan fingerprint density at radius 1 is 1.14 bits per heavy atom. The molecule has 0 bridgehead atoms. The lowest BCUT2D eigenvalue weighted by Crippen LogP contribution is -2.28. The molecule has 11 heteroatoms. The number of ether oxygens (including phenoxy) is 1. The van der Waals surface area contributed by atoms with Crippen molar-refractivity contribution < 1.29 is 18.7 Å². The summed E-state index contributed by atoms with van der Waals surface area (Å²) in [4.78, 5) is 24.2. The third kappa shape index (κ3) is 5.72. The van der Waals surface area contributed by atoms with E-state index in [1.165, 1.54) is 12.1 Å². The van der Waals surface area contributed by atoms with Crippen LogP contribution in [0, 0.1) is 5.82 Å². The van der Waals surface area contributed by atoms with Crippen LogP contribution < -0.4 is 20.7 Å². The topological polar surface area (TPSA) is 105 Å². The zero-order chi connectivity index (χ0) is 20.8. The summed E-state index contributed by atoms with van der Waals surface area (Å²) in [5.41, 5.74) is 0.629. The molecule has 0 unspecified atom stereocenters. The molecule has 0 aliphatic heterocycles. The predicted octanol–water partition coefficient (Wildman–Crippen LogP) is 4.02. The maximum Gasteiger partial charge on any atom is 0.319 e. The summed E-state index contributed by atoms with van der Waals surface area (Å²) >= 11 is 4.18. The molecule has 1 aromatic heterocycles. The Morgan fingerprint density at radius 3 is 2.59 bits per heavy atom. The third-order valence-corrected chi connectivity index (χ3v) is 5.00. The van der Waals surface area contributed by atoms with Gasteiger partial charge in [0.1, 0.15) is 16.6 Å². The fourth-order valence-corrected chi connectivity index (χ4v) is 3.20. The molecule has 0 aliphatic rings. The van der Waals surface area contributed by atoms with Gasteiger partial charge in [-0.05, 0) is 42.5 Å². The lowest BCUT2D eigenvalue weighted by Gasteiger charge is -2.07. The second-order valence-electron chi connectivity index (χ2n) is 5.62. The minimum absolute atomic E-state index is 0.0391. The van der Waals surface area contributed by atoms with Crippen LogP contribution >= 0.6 is 27.3 Å². The zero-order valence-electron chi connectivity index (χ0n) is 15.0. The van der Waals surface area contributed by atoms with Gasteiger partial charge in [0.25, 0.3) is 5.91 Å². The Bertz CT molecular complexity index is 1030. The Kier molecular flexibility index (Phi) is 6.73. The summed E-state index contributed by atoms with van der Waals surface area (Å²) in [6.07, 6.45) is 0. The van der Waals surface area contributed by atoms with Crippen molar-refractivity contribution in [1.29, 1.82) is 0 Å². The number of anilines is 2. The molecular weight excluding hydrogens is 465 g/mol. The van der Waals surface area contributed by atoms with E-state index in [-0.39, 0.29) is 17.2 Å². The van der Waals surface area contributed by atoms with E-state index in [2.05, 4.69) is 42.1 Å². The molecule has 0 radical (unpaired) electrons. The maximum absolute atomic E-state index is 13.7. The second-order valence-corrected chi connectivity index (χ2v) is 7.59. The number of rotatable bonds is 6. The van der Waals surface area contributed by atoms with E-state index in [0.29, 0.717) is 20.9 Å². The average Bonchev–Trinajstić information content (AvgIpc) is 3.18. The fraction of sp³-hybridized carbons (Fsp3) is 0.111. The lowest BCUT2D eigenvalue weighted by molar-refractivity contribution is 0.102. The summed E-state index contributed by atoms with van der Waals surface area (Å²) in [7, 11) is 1.56. The monoisotopic (exact) mass is 479 g/mol. The molecule has 8 nitrogen and oxygen atoms in total. The molecule has 0 fully saturated rings. The van der Waals surface area contributed by atoms with Crippen LogP contribution in [0.3, 0.4) is 0 Å². The normalized spacial score (nSPS) is 10.3. The Labute approximate surface area is 177 Å². The van der Waals surface area contributed by atoms with Crippen molar-refractivity contribution in [2.45, 2.75) is 6.54 Å². The van der Waals surface area contributed by atoms with Crippen molar-refractivity contribution in [3.63, 3.8) is 0 Å². The van der Waals surface area contributed by atoms with E-state index in [9.17, 15) is 14.0 Å². The van der Waals surface area contributed by atoms with Crippen LogP contribution in [0.5, 0.6) is 5.75 Å². The highest BCUT2D eigenvalue weighted by molar-refractivity contribution is 9.10. The molecule has 29 heavy (non-hydrogen) atoms. The molecule has 3 N–H and O–H groups in total. The van der Waals surface area contributed by atoms with E-state index in [1.807, 2.05) is 0 Å². The van der Waals surface area contributed by atoms with Crippen molar-refractivity contribution in [2.75, 3.05) is 17.7 Å². The fourth-order valence-electron chi connectivity index (χ4n) is 2.19. The number of hydrogen-bond acceptors (Lipinski definition) is 6. The number of aromatic nitrogens is 2. The number of amides is 3. The number of nitrogens with zero attached hydrogens (tertiary/aromatic N) is 2. The largest absolute Gasteiger partial charge is 0.497 e. The van der Waals surface area contributed by atoms with E-state index in [4.69, 9.17) is 4.74 Å². The quantitative estimate of drug-likeness (QED) is 0.495. The molecule has 2 aromatic carbocycles. The van der Waals surface area contributed by atoms with Crippen LogP contribution in [-0.4, -0.2) is 29.2 Å². The molecular formula is C18H15BrFN5O3S. The van der Waals surface area contributed by atoms with E-state index in [1.54, 1.807) is 37.4 Å². The van der Waals surface area contributed by atoms with Gasteiger partial charge in [0.05, 0.1) is 19.3 Å². The molecule has 0 atom stereocenters. The molecule has 0 spiro atoms. The first-order valence-corrected chi connectivity index (χ1v) is 9.83. The number of methoxy groups -OCH3 is 1. The van der Waals surface area contributed by atoms with E-state index < -0.39 is 17.8 Å². The summed E-state index contributed by atoms with van der Waals surface area (Å²) in [5.74, 6) is -0.309. The molecule has 0 saturated carbocycles. The SMILES string of the molecule is COc1ccc(NC(=O)c2nnc(CNC(=O)Nc3ccc(Br)cc3F)s2)cc1. The van der Waals surface area contributed by atoms with Crippen molar-refractivity contribution in [3.8, 4) is 5.75 Å². The van der Waals surface area contributed by atoms with Crippen LogP contribution in [0.2, 0.25) is 0 Å². The van der Waals surface area contributed by atoms with Gasteiger partial charge >= 0.3 is 6.03 Å². The van der Waals surface area contributed by atoms with Crippen LogP contribution in [0.1, 0.15) is 14.8 Å². The van der Waals surface area contributed by atoms with Gasteiger partial charge in [-0.15, -0.1) is 10.2 Å². The summed E-state index contributed by atoms with van der Waals surface area (Å²) in [6, 6.07) is 10.5. The molecule has 1 heterocycles. The van der Waals surface area contributed by atoms with Crippen molar-refractivity contribution in [2.24, 2.45) is 0 Å². The first-order valence-electron chi connectivity index (χ1n) is 8.22. The molecule has 150 valence electrons. The average molecular weight is 480 g/mol. The zero-order valence-corrected chi connectivity index (χ0v) is 17.4. The van der Waals surface area contributed by atoms with Gasteiger partial charge in [-0.3, -0.25) is 4.79 Å². The van der Waals surface area contributed by atoms with Gasteiger partial charge in [0.2, 0.25) is 5.01 Å². The van der Waals surface area contributed by atoms with Gasteiger partial charge in [-0.1, -0.05) is 27.3 Å². The van der Waals surface area contributed by atoms with Crippen LogP contribution in [0.25, 0.3) is 0 Å². The van der Waals surface area contributed by atoms with Gasteiger partial charge in [-0.2, -0.15) is 0 Å². The highest BCUT2D eigenvalue weighted by Crippen LogP contribution is 2.19. The third-order valence-electron chi connectivity index (χ3n) is 3.59. The molecule has 0 saturated heterocycles. The highest BCUT2D eigenvalue weighted by Gasteiger charge is 2.14. The smallest absolute Gasteiger partial charge is 0.319 e. The highest BCUT2D eigenvalue weighted by atomic mass is 79.9. The van der Waals surface area contributed by atoms with E-state index >= 15 is 0 Å². The first kappa shape index (κ1) is 20.7. The standard InChI is InChI=1S/C18H15BrFN5O3S/c1-28-12-5-3-11(4-6-12)22-16(26)17-25-24-15(29-17)9-21-18(27)23-14-7-2-10(19)8-13(14)20/h2-8H,9H2,1H3,(H,22,26)(H2,21,23,27). The number of halogens is 2. The second kappa shape index (κ2) is 9.43. The summed E-state index contributed by atoms with van der Waals surface area (Å²) in [5, 5.41) is 15.9. The number of nitrogens with one attached hydrogen (secondary N) is 3. The summed E-state index contributed by atoms with van der Waals surface area (Å²) < 4.78 is 19.4. The number of hydrogen-bond donors (Lipinski definition) is 3. The molecule has 3 rings (SSSR count). The van der Waals surface area contributed by atoms with Crippen molar-refractivity contribution >= 4 is 50.6 Å². The lowest BCUT2D eigenvalue weighted by atomic mass is 10.3. The van der Waals surface area contributed by atoms with Crippen molar-refractivity contribution in [3.05, 3.63) is 62.8 Å². The summed E-state index contributed by atoms with van der Waals surface area (Å²) in [6.45, 7) is 0.0391. The minimum Gasteiger partial charge on any atom is -0.497 e. The van der Waals surface area contributed by atoms with Gasteiger partial charge in [0.15, 0.2) is 0 Å². The molecule has 3 aromatic rings. The van der Waals surface area contributed by atoms with Crippen LogP contribution in [0.15, 0.2) is 46.9 Å². The van der Waals surface area contributed by atoms with Gasteiger partial charge in [0, 0.05) is 10.2 Å². The predicted molar refractivity (Wildman–Crippen MR) is 111 cm³/mol. The van der Waals surface area contributed by atoms with Gasteiger partial charge in [-0.25, -0.2) is 9.18 Å². The maximum atomic E-state index is 13.7. The van der Waals surface area contributed by atoms with Crippen LogP contribution in [0.4, 0.5) is 20.6 Å². The first-order chi connectivity index (χ1) is 13.9. The Morgan fingerprint density at radius 2 is 1.90 bits per heavy atom. The Balaban J connectivity index is 1.52. The van der Waals surface area contributed by atoms with Crippen LogP contribution in [-0.2, 0) is 6.54 Å². The van der Waals surface area contributed by atoms with Gasteiger partial charge < -0.3 is 20.7 Å². The number of urea groups is 1. The number of benzene rings is 2. The number of carbonyl (C=O) groups excluding carboxylic acids is 2. The molecule has 0 aliphatic carbocycles. The molecule has 3 amide bonds. The van der Waals surface area contributed by atoms with E-state index in [0.717, 1.165) is 11.3 Å². The number of carbonyl (C=O) groups is 2. The van der Waals surface area contributed by atoms with Crippen molar-refractivity contribution in [1.82, 2.24) is 15.5 Å². The minimum atomic E-state index is -0.606.